The zero-order valence-corrected chi connectivity index (χ0v) is 9.54. The first kappa shape index (κ1) is 12.8. The van der Waals surface area contributed by atoms with E-state index in [9.17, 15) is 0 Å². The van der Waals surface area contributed by atoms with Crippen LogP contribution in [0, 0.1) is 10.7 Å². The van der Waals surface area contributed by atoms with Crippen molar-refractivity contribution in [3.63, 3.8) is 0 Å². The van der Waals surface area contributed by atoms with Crippen molar-refractivity contribution in [1.29, 1.82) is 5.26 Å². The number of unbranched alkanes of at least 4 members (excludes halogenated alkanes) is 7. The minimum absolute atomic E-state index is 1.02. The number of nitriles is 1. The predicted octanol–water partition coefficient (Wildman–Crippen LogP) is 4.34. The molecule has 0 atom stereocenters. The van der Waals surface area contributed by atoms with E-state index in [0.29, 0.717) is 0 Å². The second kappa shape index (κ2) is 11.8. The lowest BCUT2D eigenvalue weighted by Gasteiger charge is -1.99. The van der Waals surface area contributed by atoms with E-state index < -0.39 is 0 Å². The first-order chi connectivity index (χ1) is 6.41. The van der Waals surface area contributed by atoms with Gasteiger partial charge < -0.3 is 0 Å². The maximum absolute atomic E-state index is 8.28. The van der Waals surface area contributed by atoms with Gasteiger partial charge in [0.15, 0.2) is 0 Å². The monoisotopic (exact) mass is 199 g/mol. The van der Waals surface area contributed by atoms with Gasteiger partial charge in [0.25, 0.3) is 0 Å². The van der Waals surface area contributed by atoms with E-state index in [1.165, 1.54) is 63.1 Å². The summed E-state index contributed by atoms with van der Waals surface area (Å²) in [7, 11) is 0. The third-order valence-electron chi connectivity index (χ3n) is 2.16. The Bertz CT molecular complexity index is 129. The van der Waals surface area contributed by atoms with Crippen molar-refractivity contribution >= 4 is 11.8 Å². The highest BCUT2D eigenvalue weighted by molar-refractivity contribution is 8.03. The zero-order valence-electron chi connectivity index (χ0n) is 8.72. The van der Waals surface area contributed by atoms with Crippen LogP contribution in [0.4, 0.5) is 0 Å². The topological polar surface area (TPSA) is 23.8 Å². The molecule has 0 amide bonds. The molecule has 0 bridgehead atoms. The molecule has 0 spiro atoms. The number of thioether (sulfide) groups is 1. The fraction of sp³-hybridized carbons (Fsp3) is 0.909. The Kier molecular flexibility index (Phi) is 11.7. The van der Waals surface area contributed by atoms with Crippen molar-refractivity contribution in [2.75, 3.05) is 5.75 Å². The minimum atomic E-state index is 1.02. The Morgan fingerprint density at radius 2 is 1.46 bits per heavy atom. The summed E-state index contributed by atoms with van der Waals surface area (Å²) < 4.78 is 0. The van der Waals surface area contributed by atoms with Crippen molar-refractivity contribution in [3.8, 4) is 5.40 Å². The van der Waals surface area contributed by atoms with Gasteiger partial charge in [-0.2, -0.15) is 5.26 Å². The third kappa shape index (κ3) is 11.8. The van der Waals surface area contributed by atoms with Crippen LogP contribution in [0.1, 0.15) is 58.3 Å². The highest BCUT2D eigenvalue weighted by atomic mass is 32.2. The molecule has 13 heavy (non-hydrogen) atoms. The largest absolute Gasteiger partial charge is 0.185 e. The van der Waals surface area contributed by atoms with Gasteiger partial charge in [0.1, 0.15) is 5.40 Å². The maximum Gasteiger partial charge on any atom is 0.133 e. The average Bonchev–Trinajstić information content (AvgIpc) is 2.16. The zero-order chi connectivity index (χ0) is 9.78. The van der Waals surface area contributed by atoms with Crippen molar-refractivity contribution in [3.05, 3.63) is 0 Å². The predicted molar refractivity (Wildman–Crippen MR) is 60.7 cm³/mol. The lowest BCUT2D eigenvalue weighted by atomic mass is 10.1. The van der Waals surface area contributed by atoms with Gasteiger partial charge in [-0.05, 0) is 18.2 Å². The summed E-state index contributed by atoms with van der Waals surface area (Å²) in [6, 6.07) is 0. The summed E-state index contributed by atoms with van der Waals surface area (Å²) in [5, 5.41) is 10.4. The Labute approximate surface area is 86.9 Å². The first-order valence-electron chi connectivity index (χ1n) is 5.42. The molecule has 0 aliphatic rings. The third-order valence-corrected chi connectivity index (χ3v) is 2.79. The van der Waals surface area contributed by atoms with Gasteiger partial charge in [0.05, 0.1) is 0 Å². The molecule has 0 aliphatic carbocycles. The van der Waals surface area contributed by atoms with Crippen LogP contribution in [0.2, 0.25) is 0 Å². The van der Waals surface area contributed by atoms with E-state index in [4.69, 9.17) is 5.26 Å². The summed E-state index contributed by atoms with van der Waals surface area (Å²) >= 11 is 1.39. The minimum Gasteiger partial charge on any atom is -0.185 e. The van der Waals surface area contributed by atoms with Crippen LogP contribution in [0.15, 0.2) is 0 Å². The maximum atomic E-state index is 8.28. The molecule has 0 fully saturated rings. The normalized spacial score (nSPS) is 9.85. The van der Waals surface area contributed by atoms with Crippen molar-refractivity contribution in [2.45, 2.75) is 58.3 Å². The fourth-order valence-corrected chi connectivity index (χ4v) is 1.79. The molecule has 0 heterocycles. The van der Waals surface area contributed by atoms with E-state index in [0.717, 1.165) is 5.75 Å². The number of hydrogen-bond acceptors (Lipinski definition) is 2. The quantitative estimate of drug-likeness (QED) is 0.407. The lowest BCUT2D eigenvalue weighted by molar-refractivity contribution is 0.586. The van der Waals surface area contributed by atoms with Crippen LogP contribution in [0.3, 0.4) is 0 Å². The molecule has 0 aromatic heterocycles. The number of hydrogen-bond donors (Lipinski definition) is 0. The van der Waals surface area contributed by atoms with Crippen LogP contribution in [0.25, 0.3) is 0 Å². The van der Waals surface area contributed by atoms with Gasteiger partial charge in [0, 0.05) is 5.75 Å². The van der Waals surface area contributed by atoms with Gasteiger partial charge in [-0.3, -0.25) is 0 Å². The Morgan fingerprint density at radius 1 is 0.923 bits per heavy atom. The Morgan fingerprint density at radius 3 is 2.00 bits per heavy atom. The standard InChI is InChI=1S/C11H21NS/c1-2-3-4-5-6-7-8-9-10-13-11-12/h2-10H2,1H3. The molecule has 2 heteroatoms. The number of thiocyanates is 1. The Balaban J connectivity index is 2.80. The van der Waals surface area contributed by atoms with Crippen molar-refractivity contribution < 1.29 is 0 Å². The van der Waals surface area contributed by atoms with Crippen LogP contribution in [-0.4, -0.2) is 5.75 Å². The van der Waals surface area contributed by atoms with Crippen molar-refractivity contribution in [1.82, 2.24) is 0 Å². The molecule has 0 aliphatic heterocycles. The van der Waals surface area contributed by atoms with Gasteiger partial charge in [-0.15, -0.1) is 0 Å². The van der Waals surface area contributed by atoms with Gasteiger partial charge >= 0.3 is 0 Å². The summed E-state index contributed by atoms with van der Waals surface area (Å²) in [4.78, 5) is 0. The smallest absolute Gasteiger partial charge is 0.133 e. The van der Waals surface area contributed by atoms with Crippen LogP contribution in [-0.2, 0) is 0 Å². The van der Waals surface area contributed by atoms with E-state index in [-0.39, 0.29) is 0 Å². The summed E-state index contributed by atoms with van der Waals surface area (Å²) in [6.07, 6.45) is 10.8. The van der Waals surface area contributed by atoms with Gasteiger partial charge in [-0.25, -0.2) is 0 Å². The highest BCUT2D eigenvalue weighted by Crippen LogP contribution is 2.10. The van der Waals surface area contributed by atoms with Crippen molar-refractivity contribution in [2.24, 2.45) is 0 Å². The summed E-state index contributed by atoms with van der Waals surface area (Å²) in [5.74, 6) is 1.02. The van der Waals surface area contributed by atoms with Crippen LogP contribution < -0.4 is 0 Å². The molecule has 0 rings (SSSR count). The molecule has 0 radical (unpaired) electrons. The number of rotatable bonds is 9. The first-order valence-corrected chi connectivity index (χ1v) is 6.41. The van der Waals surface area contributed by atoms with Crippen LogP contribution in [0.5, 0.6) is 0 Å². The molecule has 0 N–H and O–H groups in total. The summed E-state index contributed by atoms with van der Waals surface area (Å²) in [5.41, 5.74) is 0. The number of nitrogens with zero attached hydrogens (tertiary/aromatic N) is 1. The molecule has 0 aromatic carbocycles. The highest BCUT2D eigenvalue weighted by Gasteiger charge is 1.91. The second-order valence-corrected chi connectivity index (χ2v) is 4.29. The molecule has 1 nitrogen and oxygen atoms in total. The Hall–Kier alpha value is -0.160. The molecule has 0 saturated carbocycles. The molecule has 0 aromatic rings. The van der Waals surface area contributed by atoms with E-state index in [1.54, 1.807) is 0 Å². The van der Waals surface area contributed by atoms with Crippen LogP contribution >= 0.6 is 11.8 Å². The molecule has 76 valence electrons. The fourth-order valence-electron chi connectivity index (χ4n) is 1.35. The van der Waals surface area contributed by atoms with E-state index >= 15 is 0 Å². The van der Waals surface area contributed by atoms with E-state index in [1.807, 2.05) is 0 Å². The van der Waals surface area contributed by atoms with E-state index in [2.05, 4.69) is 12.3 Å². The molecule has 0 unspecified atom stereocenters. The van der Waals surface area contributed by atoms with Gasteiger partial charge in [0.2, 0.25) is 0 Å². The average molecular weight is 199 g/mol. The lowest BCUT2D eigenvalue weighted by Crippen LogP contribution is -1.81. The molecular formula is C11H21NS. The SMILES string of the molecule is CCCCCCCCCCSC#N. The van der Waals surface area contributed by atoms with Gasteiger partial charge in [-0.1, -0.05) is 51.9 Å². The molecular weight excluding hydrogens is 178 g/mol. The molecule has 0 saturated heterocycles. The second-order valence-electron chi connectivity index (χ2n) is 3.41. The summed E-state index contributed by atoms with van der Waals surface area (Å²) in [6.45, 7) is 2.25.